The van der Waals surface area contributed by atoms with Crippen molar-refractivity contribution >= 4 is 11.6 Å². The van der Waals surface area contributed by atoms with Gasteiger partial charge in [-0.3, -0.25) is 4.90 Å². The highest BCUT2D eigenvalue weighted by atomic mass is 35.5. The lowest BCUT2D eigenvalue weighted by atomic mass is 10.1. The molecule has 0 spiro atoms. The minimum Gasteiger partial charge on any atom is -0.469 e. The molecule has 1 heterocycles. The quantitative estimate of drug-likeness (QED) is 0.911. The van der Waals surface area contributed by atoms with Crippen molar-refractivity contribution in [3.8, 4) is 0 Å². The van der Waals surface area contributed by atoms with Crippen molar-refractivity contribution in [2.45, 2.75) is 19.6 Å². The predicted octanol–water partition coefficient (Wildman–Crippen LogP) is 3.41. The molecule has 0 radical (unpaired) electrons. The van der Waals surface area contributed by atoms with E-state index in [2.05, 4.69) is 4.90 Å². The molecule has 0 aliphatic carbocycles. The first-order chi connectivity index (χ1) is 9.06. The Morgan fingerprint density at radius 2 is 2.16 bits per heavy atom. The number of aliphatic hydroxyl groups excluding tert-OH is 1. The highest BCUT2D eigenvalue weighted by Crippen LogP contribution is 2.19. The number of hydrogen-bond acceptors (Lipinski definition) is 3. The SMILES string of the molecule is Cc1occc1CN(C)CC(O)c1cccc(Cl)c1. The van der Waals surface area contributed by atoms with E-state index in [0.717, 1.165) is 23.4 Å². The molecule has 102 valence electrons. The third-order valence-corrected chi connectivity index (χ3v) is 3.36. The molecule has 1 aromatic heterocycles. The van der Waals surface area contributed by atoms with E-state index in [4.69, 9.17) is 16.0 Å². The molecule has 0 saturated heterocycles. The molecule has 0 aliphatic rings. The Labute approximate surface area is 118 Å². The Hall–Kier alpha value is -1.29. The zero-order valence-electron chi connectivity index (χ0n) is 11.1. The smallest absolute Gasteiger partial charge is 0.105 e. The van der Waals surface area contributed by atoms with Crippen molar-refractivity contribution in [3.63, 3.8) is 0 Å². The third-order valence-electron chi connectivity index (χ3n) is 3.12. The first kappa shape index (κ1) is 14.1. The number of rotatable bonds is 5. The van der Waals surface area contributed by atoms with Crippen molar-refractivity contribution < 1.29 is 9.52 Å². The average molecular weight is 280 g/mol. The normalized spacial score (nSPS) is 12.9. The summed E-state index contributed by atoms with van der Waals surface area (Å²) >= 11 is 5.92. The van der Waals surface area contributed by atoms with E-state index >= 15 is 0 Å². The fourth-order valence-corrected chi connectivity index (χ4v) is 2.24. The summed E-state index contributed by atoms with van der Waals surface area (Å²) in [5.41, 5.74) is 1.98. The molecule has 0 aliphatic heterocycles. The van der Waals surface area contributed by atoms with Crippen LogP contribution in [0, 0.1) is 6.92 Å². The summed E-state index contributed by atoms with van der Waals surface area (Å²) in [6.07, 6.45) is 1.14. The second kappa shape index (κ2) is 6.24. The van der Waals surface area contributed by atoms with Crippen LogP contribution in [-0.4, -0.2) is 23.6 Å². The van der Waals surface area contributed by atoms with Gasteiger partial charge in [-0.25, -0.2) is 0 Å². The Kier molecular flexibility index (Phi) is 4.64. The van der Waals surface area contributed by atoms with Gasteiger partial charge >= 0.3 is 0 Å². The van der Waals surface area contributed by atoms with E-state index in [-0.39, 0.29) is 0 Å². The van der Waals surface area contributed by atoms with Gasteiger partial charge in [-0.2, -0.15) is 0 Å². The lowest BCUT2D eigenvalue weighted by Crippen LogP contribution is -2.24. The lowest BCUT2D eigenvalue weighted by molar-refractivity contribution is 0.123. The van der Waals surface area contributed by atoms with Crippen molar-refractivity contribution in [2.75, 3.05) is 13.6 Å². The van der Waals surface area contributed by atoms with Crippen molar-refractivity contribution in [3.05, 3.63) is 58.5 Å². The van der Waals surface area contributed by atoms with Crippen LogP contribution in [0.3, 0.4) is 0 Å². The fraction of sp³-hybridized carbons (Fsp3) is 0.333. The molecule has 0 bridgehead atoms. The standard InChI is InChI=1S/C15H18ClNO2/c1-11-13(6-7-19-11)9-17(2)10-15(18)12-4-3-5-14(16)8-12/h3-8,15,18H,9-10H2,1-2H3. The highest BCUT2D eigenvalue weighted by molar-refractivity contribution is 6.30. The molecule has 1 N–H and O–H groups in total. The minimum absolute atomic E-state index is 0.545. The maximum atomic E-state index is 10.2. The summed E-state index contributed by atoms with van der Waals surface area (Å²) in [6, 6.07) is 9.28. The number of furan rings is 1. The van der Waals surface area contributed by atoms with Gasteiger partial charge in [0.1, 0.15) is 5.76 Å². The van der Waals surface area contributed by atoms with Crippen LogP contribution in [-0.2, 0) is 6.54 Å². The summed E-state index contributed by atoms with van der Waals surface area (Å²) in [5, 5.41) is 10.8. The molecule has 1 unspecified atom stereocenters. The first-order valence-electron chi connectivity index (χ1n) is 6.21. The highest BCUT2D eigenvalue weighted by Gasteiger charge is 2.12. The van der Waals surface area contributed by atoms with Crippen molar-refractivity contribution in [2.24, 2.45) is 0 Å². The van der Waals surface area contributed by atoms with Gasteiger partial charge in [0.15, 0.2) is 0 Å². The molecule has 2 aromatic rings. The monoisotopic (exact) mass is 279 g/mol. The summed E-state index contributed by atoms with van der Waals surface area (Å²) in [6.45, 7) is 3.24. The van der Waals surface area contributed by atoms with Crippen molar-refractivity contribution in [1.82, 2.24) is 4.90 Å². The maximum absolute atomic E-state index is 10.2. The van der Waals surface area contributed by atoms with E-state index in [1.807, 2.05) is 32.2 Å². The predicted molar refractivity (Wildman–Crippen MR) is 76.2 cm³/mol. The Morgan fingerprint density at radius 1 is 1.37 bits per heavy atom. The van der Waals surface area contributed by atoms with E-state index in [0.29, 0.717) is 11.6 Å². The van der Waals surface area contributed by atoms with Gasteiger partial charge in [0.25, 0.3) is 0 Å². The lowest BCUT2D eigenvalue weighted by Gasteiger charge is -2.20. The number of aliphatic hydroxyl groups is 1. The van der Waals surface area contributed by atoms with Gasteiger partial charge in [-0.05, 0) is 37.7 Å². The minimum atomic E-state index is -0.545. The van der Waals surface area contributed by atoms with Gasteiger partial charge in [0.05, 0.1) is 12.4 Å². The van der Waals surface area contributed by atoms with Crippen LogP contribution in [0.4, 0.5) is 0 Å². The molecule has 1 aromatic carbocycles. The number of halogens is 1. The van der Waals surface area contributed by atoms with Gasteiger partial charge in [-0.15, -0.1) is 0 Å². The van der Waals surface area contributed by atoms with Gasteiger partial charge in [0.2, 0.25) is 0 Å². The van der Waals surface area contributed by atoms with Crippen LogP contribution < -0.4 is 0 Å². The Bertz CT molecular complexity index is 538. The first-order valence-corrected chi connectivity index (χ1v) is 6.59. The number of aryl methyl sites for hydroxylation is 1. The van der Waals surface area contributed by atoms with Crippen LogP contribution in [0.2, 0.25) is 5.02 Å². The summed E-state index contributed by atoms with van der Waals surface area (Å²) in [5.74, 6) is 0.920. The van der Waals surface area contributed by atoms with E-state index in [9.17, 15) is 5.11 Å². The van der Waals surface area contributed by atoms with Crippen LogP contribution in [0.25, 0.3) is 0 Å². The van der Waals surface area contributed by atoms with Crippen LogP contribution in [0.15, 0.2) is 41.0 Å². The zero-order valence-corrected chi connectivity index (χ0v) is 11.9. The van der Waals surface area contributed by atoms with Crippen LogP contribution in [0.5, 0.6) is 0 Å². The van der Waals surface area contributed by atoms with Crippen molar-refractivity contribution in [1.29, 1.82) is 0 Å². The van der Waals surface area contributed by atoms with Gasteiger partial charge in [0, 0.05) is 23.7 Å². The molecule has 19 heavy (non-hydrogen) atoms. The topological polar surface area (TPSA) is 36.6 Å². The molecule has 2 rings (SSSR count). The van der Waals surface area contributed by atoms with Gasteiger partial charge < -0.3 is 9.52 Å². The molecule has 3 nitrogen and oxygen atoms in total. The number of nitrogens with zero attached hydrogens (tertiary/aromatic N) is 1. The molecule has 0 saturated carbocycles. The third kappa shape index (κ3) is 3.83. The maximum Gasteiger partial charge on any atom is 0.105 e. The molecule has 0 fully saturated rings. The largest absolute Gasteiger partial charge is 0.469 e. The number of likely N-dealkylation sites (N-methyl/N-ethyl adjacent to an activating group) is 1. The second-order valence-electron chi connectivity index (χ2n) is 4.77. The van der Waals surface area contributed by atoms with Gasteiger partial charge in [-0.1, -0.05) is 23.7 Å². The van der Waals surface area contributed by atoms with Crippen LogP contribution >= 0.6 is 11.6 Å². The molecular weight excluding hydrogens is 262 g/mol. The summed E-state index contributed by atoms with van der Waals surface area (Å²) in [4.78, 5) is 2.06. The molecular formula is C15H18ClNO2. The fourth-order valence-electron chi connectivity index (χ4n) is 2.05. The second-order valence-corrected chi connectivity index (χ2v) is 5.21. The number of hydrogen-bond donors (Lipinski definition) is 1. The number of benzene rings is 1. The van der Waals surface area contributed by atoms with Crippen LogP contribution in [0.1, 0.15) is 23.0 Å². The average Bonchev–Trinajstić information content (AvgIpc) is 2.75. The summed E-state index contributed by atoms with van der Waals surface area (Å²) < 4.78 is 5.26. The Morgan fingerprint density at radius 3 is 2.79 bits per heavy atom. The van der Waals surface area contributed by atoms with E-state index < -0.39 is 6.10 Å². The Balaban J connectivity index is 1.95. The van der Waals surface area contributed by atoms with E-state index in [1.165, 1.54) is 0 Å². The molecule has 0 amide bonds. The summed E-state index contributed by atoms with van der Waals surface area (Å²) in [7, 11) is 1.97. The zero-order chi connectivity index (χ0) is 13.8. The van der Waals surface area contributed by atoms with E-state index in [1.54, 1.807) is 18.4 Å². The molecule has 4 heteroatoms. The molecule has 1 atom stereocenters.